The molecule has 2 N–H and O–H groups in total. The van der Waals surface area contributed by atoms with Crippen LogP contribution < -0.4 is 5.32 Å². The van der Waals surface area contributed by atoms with Gasteiger partial charge in [-0.2, -0.15) is 0 Å². The summed E-state index contributed by atoms with van der Waals surface area (Å²) >= 11 is 0. The third-order valence-electron chi connectivity index (χ3n) is 3.16. The molecule has 2 rings (SSSR count). The van der Waals surface area contributed by atoms with E-state index in [1.807, 2.05) is 13.8 Å². The SMILES string of the molecule is Cc1cc(C(=O)NC(C)c2ccc(O)c(F)c2)cc(C)n1. The number of aryl methyl sites for hydroxylation is 2. The lowest BCUT2D eigenvalue weighted by molar-refractivity contribution is 0.0939. The lowest BCUT2D eigenvalue weighted by Gasteiger charge is -2.15. The Bertz CT molecular complexity index is 666. The van der Waals surface area contributed by atoms with Gasteiger partial charge in [-0.15, -0.1) is 0 Å². The standard InChI is InChI=1S/C16H17FN2O2/c1-9-6-13(7-10(2)18-9)16(21)19-11(3)12-4-5-15(20)14(17)8-12/h4-8,11,20H,1-3H3,(H,19,21). The van der Waals surface area contributed by atoms with Crippen molar-refractivity contribution in [3.8, 4) is 5.75 Å². The number of aromatic hydroxyl groups is 1. The number of phenolic OH excluding ortho intramolecular Hbond substituents is 1. The maximum Gasteiger partial charge on any atom is 0.251 e. The summed E-state index contributed by atoms with van der Waals surface area (Å²) in [5.74, 6) is -1.36. The summed E-state index contributed by atoms with van der Waals surface area (Å²) in [4.78, 5) is 16.4. The maximum absolute atomic E-state index is 13.3. The summed E-state index contributed by atoms with van der Waals surface area (Å²) in [6.07, 6.45) is 0. The van der Waals surface area contributed by atoms with Crippen molar-refractivity contribution in [1.29, 1.82) is 0 Å². The van der Waals surface area contributed by atoms with Crippen LogP contribution in [-0.4, -0.2) is 16.0 Å². The van der Waals surface area contributed by atoms with E-state index in [4.69, 9.17) is 0 Å². The number of halogens is 1. The molecule has 1 unspecified atom stereocenters. The molecule has 0 aliphatic heterocycles. The highest BCUT2D eigenvalue weighted by Crippen LogP contribution is 2.21. The molecule has 1 amide bonds. The molecule has 0 saturated heterocycles. The van der Waals surface area contributed by atoms with Gasteiger partial charge in [0.15, 0.2) is 11.6 Å². The predicted molar refractivity (Wildman–Crippen MR) is 77.7 cm³/mol. The normalized spacial score (nSPS) is 12.0. The number of nitrogens with one attached hydrogen (secondary N) is 1. The van der Waals surface area contributed by atoms with Crippen molar-refractivity contribution in [2.75, 3.05) is 0 Å². The summed E-state index contributed by atoms with van der Waals surface area (Å²) in [6.45, 7) is 5.40. The van der Waals surface area contributed by atoms with E-state index in [0.29, 0.717) is 11.1 Å². The van der Waals surface area contributed by atoms with Crippen LogP contribution in [0.1, 0.15) is 40.3 Å². The first-order valence-corrected chi connectivity index (χ1v) is 6.61. The highest BCUT2D eigenvalue weighted by Gasteiger charge is 2.14. The number of carbonyl (C=O) groups excluding carboxylic acids is 1. The third-order valence-corrected chi connectivity index (χ3v) is 3.16. The molecule has 0 aliphatic rings. The van der Waals surface area contributed by atoms with Crippen LogP contribution in [-0.2, 0) is 0 Å². The number of pyridine rings is 1. The van der Waals surface area contributed by atoms with Gasteiger partial charge >= 0.3 is 0 Å². The summed E-state index contributed by atoms with van der Waals surface area (Å²) in [5.41, 5.74) is 2.64. The van der Waals surface area contributed by atoms with E-state index in [9.17, 15) is 14.3 Å². The van der Waals surface area contributed by atoms with Crippen LogP contribution in [0.2, 0.25) is 0 Å². The Morgan fingerprint density at radius 3 is 2.43 bits per heavy atom. The number of carbonyl (C=O) groups is 1. The average molecular weight is 288 g/mol. The van der Waals surface area contributed by atoms with Gasteiger partial charge < -0.3 is 10.4 Å². The number of hydrogen-bond acceptors (Lipinski definition) is 3. The second-order valence-electron chi connectivity index (χ2n) is 5.04. The molecular formula is C16H17FN2O2. The van der Waals surface area contributed by atoms with Crippen LogP contribution in [0.3, 0.4) is 0 Å². The van der Waals surface area contributed by atoms with Crippen LogP contribution >= 0.6 is 0 Å². The van der Waals surface area contributed by atoms with Crippen LogP contribution in [0.15, 0.2) is 30.3 Å². The van der Waals surface area contributed by atoms with Gasteiger partial charge in [0.05, 0.1) is 6.04 Å². The van der Waals surface area contributed by atoms with Crippen molar-refractivity contribution in [2.45, 2.75) is 26.8 Å². The molecule has 0 radical (unpaired) electrons. The minimum Gasteiger partial charge on any atom is -0.505 e. The zero-order chi connectivity index (χ0) is 15.6. The first-order chi connectivity index (χ1) is 9.86. The highest BCUT2D eigenvalue weighted by atomic mass is 19.1. The van der Waals surface area contributed by atoms with Gasteiger partial charge in [0.1, 0.15) is 0 Å². The predicted octanol–water partition coefficient (Wildman–Crippen LogP) is 3.03. The number of benzene rings is 1. The molecule has 0 aliphatic carbocycles. The largest absolute Gasteiger partial charge is 0.505 e. The first-order valence-electron chi connectivity index (χ1n) is 6.61. The van der Waals surface area contributed by atoms with E-state index in [-0.39, 0.29) is 11.9 Å². The third kappa shape index (κ3) is 3.56. The highest BCUT2D eigenvalue weighted by molar-refractivity contribution is 5.94. The number of amides is 1. The van der Waals surface area contributed by atoms with Crippen molar-refractivity contribution in [1.82, 2.24) is 10.3 Å². The van der Waals surface area contributed by atoms with Crippen LogP contribution in [0.25, 0.3) is 0 Å². The van der Waals surface area contributed by atoms with Crippen LogP contribution in [0, 0.1) is 19.7 Å². The van der Waals surface area contributed by atoms with E-state index >= 15 is 0 Å². The van der Waals surface area contributed by atoms with Gasteiger partial charge in [-0.05, 0) is 50.6 Å². The summed E-state index contributed by atoms with van der Waals surface area (Å²) in [5, 5.41) is 12.0. The Morgan fingerprint density at radius 1 is 1.24 bits per heavy atom. The molecule has 0 saturated carbocycles. The average Bonchev–Trinajstić information content (AvgIpc) is 2.40. The van der Waals surface area contributed by atoms with Gasteiger partial charge in [-0.3, -0.25) is 9.78 Å². The molecule has 1 atom stereocenters. The molecule has 0 fully saturated rings. The second-order valence-corrected chi connectivity index (χ2v) is 5.04. The topological polar surface area (TPSA) is 62.2 Å². The number of rotatable bonds is 3. The van der Waals surface area contributed by atoms with Crippen molar-refractivity contribution in [3.63, 3.8) is 0 Å². The molecule has 2 aromatic rings. The Morgan fingerprint density at radius 2 is 1.86 bits per heavy atom. The number of hydrogen-bond donors (Lipinski definition) is 2. The summed E-state index contributed by atoms with van der Waals surface area (Å²) in [7, 11) is 0. The second kappa shape index (κ2) is 5.91. The molecule has 0 spiro atoms. The van der Waals surface area contributed by atoms with E-state index in [0.717, 1.165) is 11.4 Å². The van der Waals surface area contributed by atoms with E-state index in [1.165, 1.54) is 12.1 Å². The Balaban J connectivity index is 2.16. The summed E-state index contributed by atoms with van der Waals surface area (Å²) in [6, 6.07) is 7.09. The van der Waals surface area contributed by atoms with Crippen molar-refractivity contribution in [2.24, 2.45) is 0 Å². The zero-order valence-corrected chi connectivity index (χ0v) is 12.1. The van der Waals surface area contributed by atoms with Crippen LogP contribution in [0.5, 0.6) is 5.75 Å². The van der Waals surface area contributed by atoms with Crippen molar-refractivity contribution < 1.29 is 14.3 Å². The lowest BCUT2D eigenvalue weighted by atomic mass is 10.1. The fourth-order valence-corrected chi connectivity index (χ4v) is 2.12. The molecule has 0 bridgehead atoms. The monoisotopic (exact) mass is 288 g/mol. The number of nitrogens with zero attached hydrogens (tertiary/aromatic N) is 1. The molecule has 1 heterocycles. The van der Waals surface area contributed by atoms with Gasteiger partial charge in [-0.25, -0.2) is 4.39 Å². The molecule has 4 nitrogen and oxygen atoms in total. The van der Waals surface area contributed by atoms with E-state index < -0.39 is 11.6 Å². The molecule has 1 aromatic carbocycles. The quantitative estimate of drug-likeness (QED) is 0.912. The molecular weight excluding hydrogens is 271 g/mol. The minimum absolute atomic E-state index is 0.246. The molecule has 5 heteroatoms. The van der Waals surface area contributed by atoms with Gasteiger partial charge in [0.2, 0.25) is 0 Å². The summed E-state index contributed by atoms with van der Waals surface area (Å²) < 4.78 is 13.3. The van der Waals surface area contributed by atoms with E-state index in [1.54, 1.807) is 25.1 Å². The molecule has 110 valence electrons. The lowest BCUT2D eigenvalue weighted by Crippen LogP contribution is -2.27. The van der Waals surface area contributed by atoms with E-state index in [2.05, 4.69) is 10.3 Å². The Hall–Kier alpha value is -2.43. The zero-order valence-electron chi connectivity index (χ0n) is 12.1. The number of aromatic nitrogens is 1. The van der Waals surface area contributed by atoms with Crippen LogP contribution in [0.4, 0.5) is 4.39 Å². The molecule has 1 aromatic heterocycles. The smallest absolute Gasteiger partial charge is 0.251 e. The Kier molecular flexibility index (Phi) is 4.21. The number of phenols is 1. The first kappa shape index (κ1) is 15.0. The molecule has 21 heavy (non-hydrogen) atoms. The van der Waals surface area contributed by atoms with Crippen molar-refractivity contribution in [3.05, 3.63) is 58.7 Å². The maximum atomic E-state index is 13.3. The fraction of sp³-hybridized carbons (Fsp3) is 0.250. The fourth-order valence-electron chi connectivity index (χ4n) is 2.12. The van der Waals surface area contributed by atoms with Gasteiger partial charge in [0.25, 0.3) is 5.91 Å². The Labute approximate surface area is 122 Å². The van der Waals surface area contributed by atoms with Crippen molar-refractivity contribution >= 4 is 5.91 Å². The van der Waals surface area contributed by atoms with Gasteiger partial charge in [0, 0.05) is 17.0 Å². The minimum atomic E-state index is -0.704. The van der Waals surface area contributed by atoms with Gasteiger partial charge in [-0.1, -0.05) is 6.07 Å².